The maximum Gasteiger partial charge on any atom is 0.260 e. The van der Waals surface area contributed by atoms with Crippen LogP contribution in [0.15, 0.2) is 88.4 Å². The lowest BCUT2D eigenvalue weighted by molar-refractivity contribution is -0.119. The first-order valence-electron chi connectivity index (χ1n) is 9.19. The quantitative estimate of drug-likeness (QED) is 0.370. The minimum Gasteiger partial charge on any atom is -0.457 e. The zero-order chi connectivity index (χ0) is 22.3. The molecule has 1 N–H and O–H groups in total. The largest absolute Gasteiger partial charge is 0.457 e. The Balaban J connectivity index is 1.66. The molecule has 0 aliphatic heterocycles. The van der Waals surface area contributed by atoms with Crippen LogP contribution in [-0.4, -0.2) is 33.3 Å². The van der Waals surface area contributed by atoms with Gasteiger partial charge in [-0.1, -0.05) is 46.3 Å². The SMILES string of the molecule is CS(=O)(=O)N(CC(=O)N/N=C/c1ccc(Br)cc1)c1ccc(Oc2ccccc2)cc1. The summed E-state index contributed by atoms with van der Waals surface area (Å²) in [5, 5.41) is 3.88. The number of ether oxygens (including phenoxy) is 1. The first-order chi connectivity index (χ1) is 14.8. The fraction of sp³-hybridized carbons (Fsp3) is 0.0909. The number of carbonyl (C=O) groups is 1. The summed E-state index contributed by atoms with van der Waals surface area (Å²) in [5.41, 5.74) is 3.48. The van der Waals surface area contributed by atoms with Crippen molar-refractivity contribution in [3.63, 3.8) is 0 Å². The second kappa shape index (κ2) is 10.2. The van der Waals surface area contributed by atoms with Gasteiger partial charge in [-0.15, -0.1) is 0 Å². The molecule has 0 aliphatic rings. The molecule has 0 radical (unpaired) electrons. The number of hydrazone groups is 1. The molecule has 0 heterocycles. The van der Waals surface area contributed by atoms with Crippen molar-refractivity contribution >= 4 is 43.8 Å². The third kappa shape index (κ3) is 6.94. The lowest BCUT2D eigenvalue weighted by Gasteiger charge is -2.21. The van der Waals surface area contributed by atoms with Crippen LogP contribution < -0.4 is 14.5 Å². The molecule has 9 heteroatoms. The third-order valence-corrected chi connectivity index (χ3v) is 5.73. The molecule has 160 valence electrons. The summed E-state index contributed by atoms with van der Waals surface area (Å²) in [7, 11) is -3.69. The number of para-hydroxylation sites is 1. The average Bonchev–Trinajstić information content (AvgIpc) is 2.74. The van der Waals surface area contributed by atoms with Crippen molar-refractivity contribution in [1.82, 2.24) is 5.43 Å². The minimum atomic E-state index is -3.69. The first kappa shape index (κ1) is 22.5. The third-order valence-electron chi connectivity index (χ3n) is 4.06. The van der Waals surface area contributed by atoms with E-state index in [9.17, 15) is 13.2 Å². The highest BCUT2D eigenvalue weighted by molar-refractivity contribution is 9.10. The van der Waals surface area contributed by atoms with Crippen LogP contribution in [0.25, 0.3) is 0 Å². The van der Waals surface area contributed by atoms with E-state index in [4.69, 9.17) is 4.74 Å². The first-order valence-corrected chi connectivity index (χ1v) is 11.8. The Hall–Kier alpha value is -3.17. The van der Waals surface area contributed by atoms with E-state index in [-0.39, 0.29) is 0 Å². The second-order valence-electron chi connectivity index (χ2n) is 6.52. The van der Waals surface area contributed by atoms with Crippen LogP contribution in [0.2, 0.25) is 0 Å². The Morgan fingerprint density at radius 3 is 2.23 bits per heavy atom. The molecule has 7 nitrogen and oxygen atoms in total. The molecular formula is C22H20BrN3O4S. The molecule has 0 atom stereocenters. The number of amides is 1. The zero-order valence-electron chi connectivity index (χ0n) is 16.6. The predicted molar refractivity (Wildman–Crippen MR) is 125 cm³/mol. The number of benzene rings is 3. The van der Waals surface area contributed by atoms with Crippen molar-refractivity contribution in [1.29, 1.82) is 0 Å². The van der Waals surface area contributed by atoms with Gasteiger partial charge in [-0.2, -0.15) is 5.10 Å². The van der Waals surface area contributed by atoms with Crippen LogP contribution >= 0.6 is 15.9 Å². The van der Waals surface area contributed by atoms with Gasteiger partial charge < -0.3 is 4.74 Å². The Labute approximate surface area is 189 Å². The number of nitrogens with zero attached hydrogens (tertiary/aromatic N) is 2. The van der Waals surface area contributed by atoms with Gasteiger partial charge in [0, 0.05) is 4.47 Å². The van der Waals surface area contributed by atoms with Crippen molar-refractivity contribution in [2.45, 2.75) is 0 Å². The van der Waals surface area contributed by atoms with Gasteiger partial charge in [-0.05, 0) is 54.1 Å². The van der Waals surface area contributed by atoms with Crippen LogP contribution in [0, 0.1) is 0 Å². The molecule has 3 aromatic carbocycles. The molecule has 0 aromatic heterocycles. The van der Waals surface area contributed by atoms with Crippen molar-refractivity contribution in [2.24, 2.45) is 5.10 Å². The van der Waals surface area contributed by atoms with E-state index in [1.807, 2.05) is 54.6 Å². The van der Waals surface area contributed by atoms with E-state index >= 15 is 0 Å². The average molecular weight is 502 g/mol. The summed E-state index contributed by atoms with van der Waals surface area (Å²) in [6, 6.07) is 23.0. The standard InChI is InChI=1S/C22H20BrN3O4S/c1-31(28,29)26(16-22(27)25-24-15-17-7-9-18(23)10-8-17)19-11-13-21(14-12-19)30-20-5-3-2-4-6-20/h2-15H,16H2,1H3,(H,25,27)/b24-15+. The summed E-state index contributed by atoms with van der Waals surface area (Å²) in [4.78, 5) is 12.3. The van der Waals surface area contributed by atoms with Gasteiger partial charge in [0.25, 0.3) is 5.91 Å². The maximum atomic E-state index is 12.3. The van der Waals surface area contributed by atoms with Crippen molar-refractivity contribution < 1.29 is 17.9 Å². The van der Waals surface area contributed by atoms with Crippen LogP contribution in [0.3, 0.4) is 0 Å². The van der Waals surface area contributed by atoms with E-state index in [0.717, 1.165) is 20.6 Å². The van der Waals surface area contributed by atoms with E-state index in [1.54, 1.807) is 24.3 Å². The predicted octanol–water partition coefficient (Wildman–Crippen LogP) is 4.16. The summed E-state index contributed by atoms with van der Waals surface area (Å²) < 4.78 is 32.1. The highest BCUT2D eigenvalue weighted by Crippen LogP contribution is 2.25. The zero-order valence-corrected chi connectivity index (χ0v) is 19.0. The molecule has 0 fully saturated rings. The smallest absolute Gasteiger partial charge is 0.260 e. The number of anilines is 1. The summed E-state index contributed by atoms with van der Waals surface area (Å²) >= 11 is 3.34. The molecule has 3 rings (SSSR count). The van der Waals surface area contributed by atoms with Crippen molar-refractivity contribution in [3.05, 3.63) is 88.9 Å². The lowest BCUT2D eigenvalue weighted by Crippen LogP contribution is -2.38. The number of sulfonamides is 1. The number of rotatable bonds is 8. The molecule has 31 heavy (non-hydrogen) atoms. The minimum absolute atomic E-state index is 0.343. The normalized spacial score (nSPS) is 11.3. The fourth-order valence-electron chi connectivity index (χ4n) is 2.60. The maximum absolute atomic E-state index is 12.3. The molecule has 0 bridgehead atoms. The highest BCUT2D eigenvalue weighted by atomic mass is 79.9. The fourth-order valence-corrected chi connectivity index (χ4v) is 3.72. The molecule has 0 saturated carbocycles. The molecule has 0 aliphatic carbocycles. The summed E-state index contributed by atoms with van der Waals surface area (Å²) in [6.45, 7) is -0.407. The topological polar surface area (TPSA) is 88.1 Å². The molecule has 0 spiro atoms. The highest BCUT2D eigenvalue weighted by Gasteiger charge is 2.20. The van der Waals surface area contributed by atoms with Crippen molar-refractivity contribution in [3.8, 4) is 11.5 Å². The van der Waals surface area contributed by atoms with Gasteiger partial charge >= 0.3 is 0 Å². The molecule has 0 unspecified atom stereocenters. The van der Waals surface area contributed by atoms with Gasteiger partial charge in [0.1, 0.15) is 18.0 Å². The van der Waals surface area contributed by atoms with E-state index in [2.05, 4.69) is 26.5 Å². The summed E-state index contributed by atoms with van der Waals surface area (Å²) in [6.07, 6.45) is 2.52. The van der Waals surface area contributed by atoms with Crippen LogP contribution in [0.4, 0.5) is 5.69 Å². The number of nitrogens with one attached hydrogen (secondary N) is 1. The van der Waals surface area contributed by atoms with Crippen LogP contribution in [0.1, 0.15) is 5.56 Å². The van der Waals surface area contributed by atoms with Gasteiger partial charge in [-0.3, -0.25) is 9.10 Å². The molecule has 3 aromatic rings. The summed E-state index contributed by atoms with van der Waals surface area (Å²) in [5.74, 6) is 0.647. The lowest BCUT2D eigenvalue weighted by atomic mass is 10.2. The van der Waals surface area contributed by atoms with Gasteiger partial charge in [-0.25, -0.2) is 13.8 Å². The Morgan fingerprint density at radius 1 is 1.00 bits per heavy atom. The molecular weight excluding hydrogens is 482 g/mol. The van der Waals surface area contributed by atoms with E-state index < -0.39 is 22.5 Å². The van der Waals surface area contributed by atoms with Gasteiger partial charge in [0.2, 0.25) is 10.0 Å². The number of carbonyl (C=O) groups excluding carboxylic acids is 1. The monoisotopic (exact) mass is 501 g/mol. The number of hydrogen-bond acceptors (Lipinski definition) is 5. The molecule has 0 saturated heterocycles. The molecule has 1 amide bonds. The van der Waals surface area contributed by atoms with Crippen molar-refractivity contribution in [2.75, 3.05) is 17.1 Å². The second-order valence-corrected chi connectivity index (χ2v) is 9.35. The Morgan fingerprint density at radius 2 is 1.61 bits per heavy atom. The number of hydrogen-bond donors (Lipinski definition) is 1. The van der Waals surface area contributed by atoms with Crippen LogP contribution in [0.5, 0.6) is 11.5 Å². The van der Waals surface area contributed by atoms with Crippen LogP contribution in [-0.2, 0) is 14.8 Å². The Kier molecular flexibility index (Phi) is 7.43. The van der Waals surface area contributed by atoms with Gasteiger partial charge in [0.05, 0.1) is 18.2 Å². The van der Waals surface area contributed by atoms with E-state index in [0.29, 0.717) is 17.2 Å². The Bertz CT molecular complexity index is 1150. The van der Waals surface area contributed by atoms with E-state index in [1.165, 1.54) is 6.21 Å². The number of halogens is 1. The van der Waals surface area contributed by atoms with Gasteiger partial charge in [0.15, 0.2) is 0 Å².